The van der Waals surface area contributed by atoms with Crippen molar-refractivity contribution in [3.05, 3.63) is 140 Å². The van der Waals surface area contributed by atoms with E-state index >= 15 is 0 Å². The lowest BCUT2D eigenvalue weighted by atomic mass is 9.86. The van der Waals surface area contributed by atoms with Gasteiger partial charge in [-0.15, -0.1) is 0 Å². The van der Waals surface area contributed by atoms with Crippen molar-refractivity contribution in [2.75, 3.05) is 10.7 Å². The molecule has 1 aliphatic heterocycles. The van der Waals surface area contributed by atoms with Crippen LogP contribution in [0.25, 0.3) is 44.5 Å². The fraction of sp³-hybridized carbons (Fsp3) is 0. The van der Waals surface area contributed by atoms with Gasteiger partial charge in [0.25, 0.3) is 0 Å². The number of benzene rings is 6. The second kappa shape index (κ2) is 10.1. The van der Waals surface area contributed by atoms with E-state index in [9.17, 15) is 0 Å². The summed E-state index contributed by atoms with van der Waals surface area (Å²) in [5.74, 6) is 7.91. The summed E-state index contributed by atoms with van der Waals surface area (Å²) in [6.07, 6.45) is 0. The molecular formula is C36H27N3O. The van der Waals surface area contributed by atoms with Crippen LogP contribution in [0, 0.1) is 0 Å². The average Bonchev–Trinajstić information content (AvgIpc) is 3.04. The molecule has 0 saturated heterocycles. The monoisotopic (exact) mass is 517 g/mol. The fourth-order valence-electron chi connectivity index (χ4n) is 5.59. The van der Waals surface area contributed by atoms with E-state index in [1.54, 1.807) is 0 Å². The summed E-state index contributed by atoms with van der Waals surface area (Å²) in [6, 6.07) is 47.6. The molecule has 0 unspecified atom stereocenters. The Morgan fingerprint density at radius 1 is 0.475 bits per heavy atom. The molecule has 0 bridgehead atoms. The quantitative estimate of drug-likeness (QED) is 0.157. The van der Waals surface area contributed by atoms with Crippen molar-refractivity contribution in [1.82, 2.24) is 0 Å². The van der Waals surface area contributed by atoms with Crippen LogP contribution < -0.4 is 21.3 Å². The number of ether oxygens (including phenoxy) is 1. The standard InChI is InChI=1S/C36H27N3O/c37-39-33-30(25-16-7-2-8-17-25)31(26-18-9-3-10-19-26)34-36(32(33)27-20-11-4-12-21-27)40-35-28(22-13-23-29(35)38-34)24-14-5-1-6-15-24/h1-23,38-39H,37H2. The maximum absolute atomic E-state index is 6.99. The number of nitrogens with one attached hydrogen (secondary N) is 2. The third kappa shape index (κ3) is 3.99. The molecule has 7 rings (SSSR count). The van der Waals surface area contributed by atoms with E-state index in [0.29, 0.717) is 0 Å². The van der Waals surface area contributed by atoms with E-state index in [1.807, 2.05) is 48.5 Å². The van der Waals surface area contributed by atoms with Gasteiger partial charge in [0.2, 0.25) is 0 Å². The Balaban J connectivity index is 1.59. The van der Waals surface area contributed by atoms with Crippen molar-refractivity contribution < 1.29 is 4.74 Å². The zero-order valence-electron chi connectivity index (χ0n) is 21.8. The Morgan fingerprint density at radius 2 is 0.975 bits per heavy atom. The van der Waals surface area contributed by atoms with Gasteiger partial charge < -0.3 is 15.5 Å². The van der Waals surface area contributed by atoms with Crippen LogP contribution in [0.3, 0.4) is 0 Å². The highest BCUT2D eigenvalue weighted by molar-refractivity contribution is 6.10. The van der Waals surface area contributed by atoms with Gasteiger partial charge in [-0.25, -0.2) is 0 Å². The van der Waals surface area contributed by atoms with E-state index in [0.717, 1.165) is 73.1 Å². The Kier molecular flexibility index (Phi) is 6.00. The van der Waals surface area contributed by atoms with Crippen molar-refractivity contribution in [3.63, 3.8) is 0 Å². The number of hydrazine groups is 1. The Labute approximate surface area is 233 Å². The number of hydrogen-bond acceptors (Lipinski definition) is 4. The summed E-state index contributed by atoms with van der Waals surface area (Å²) < 4.78 is 6.99. The highest BCUT2D eigenvalue weighted by Gasteiger charge is 2.32. The van der Waals surface area contributed by atoms with E-state index in [1.165, 1.54) is 0 Å². The van der Waals surface area contributed by atoms with Crippen LogP contribution in [0.2, 0.25) is 0 Å². The Bertz CT molecular complexity index is 1800. The normalized spacial score (nSPS) is 11.5. The zero-order chi connectivity index (χ0) is 26.9. The number of para-hydroxylation sites is 1. The predicted molar refractivity (Wildman–Crippen MR) is 166 cm³/mol. The number of nitrogens with two attached hydrogens (primary N) is 1. The SMILES string of the molecule is NNc1c(-c2ccccc2)c2c(c(-c3ccccc3)c1-c1ccccc1)Nc1cccc(-c3ccccc3)c1O2. The molecule has 0 saturated carbocycles. The highest BCUT2D eigenvalue weighted by Crippen LogP contribution is 2.59. The van der Waals surface area contributed by atoms with Crippen LogP contribution in [-0.4, -0.2) is 0 Å². The largest absolute Gasteiger partial charge is 0.452 e. The maximum Gasteiger partial charge on any atom is 0.161 e. The zero-order valence-corrected chi connectivity index (χ0v) is 21.8. The van der Waals surface area contributed by atoms with Gasteiger partial charge in [-0.2, -0.15) is 0 Å². The molecule has 0 atom stereocenters. The first-order chi connectivity index (χ1) is 19.8. The molecule has 40 heavy (non-hydrogen) atoms. The molecule has 6 aromatic carbocycles. The van der Waals surface area contributed by atoms with Gasteiger partial charge in [-0.05, 0) is 28.3 Å². The Morgan fingerprint density at radius 3 is 1.52 bits per heavy atom. The maximum atomic E-state index is 6.99. The summed E-state index contributed by atoms with van der Waals surface area (Å²) in [7, 11) is 0. The molecule has 0 aromatic heterocycles. The van der Waals surface area contributed by atoms with Gasteiger partial charge in [-0.1, -0.05) is 133 Å². The molecule has 0 aliphatic carbocycles. The van der Waals surface area contributed by atoms with E-state index in [4.69, 9.17) is 10.6 Å². The van der Waals surface area contributed by atoms with Crippen LogP contribution in [0.1, 0.15) is 0 Å². The molecule has 192 valence electrons. The molecule has 0 amide bonds. The first kappa shape index (κ1) is 23.8. The van der Waals surface area contributed by atoms with Gasteiger partial charge >= 0.3 is 0 Å². The van der Waals surface area contributed by atoms with Gasteiger partial charge in [0, 0.05) is 16.7 Å². The third-order valence-electron chi connectivity index (χ3n) is 7.35. The van der Waals surface area contributed by atoms with Crippen molar-refractivity contribution >= 4 is 17.1 Å². The topological polar surface area (TPSA) is 59.3 Å². The van der Waals surface area contributed by atoms with Gasteiger partial charge in [0.05, 0.1) is 22.6 Å². The number of anilines is 3. The summed E-state index contributed by atoms with van der Waals surface area (Å²) in [5, 5.41) is 3.80. The number of hydrogen-bond donors (Lipinski definition) is 3. The molecular weight excluding hydrogens is 490 g/mol. The van der Waals surface area contributed by atoms with Crippen LogP contribution in [0.5, 0.6) is 11.5 Å². The second-order valence-corrected chi connectivity index (χ2v) is 9.72. The van der Waals surface area contributed by atoms with Crippen molar-refractivity contribution in [2.24, 2.45) is 5.84 Å². The lowest BCUT2D eigenvalue weighted by molar-refractivity contribution is 0.485. The molecule has 4 N–H and O–H groups in total. The molecule has 0 fully saturated rings. The summed E-state index contributed by atoms with van der Waals surface area (Å²) in [6.45, 7) is 0. The van der Waals surface area contributed by atoms with E-state index in [2.05, 4.69) is 102 Å². The smallest absolute Gasteiger partial charge is 0.161 e. The molecule has 0 radical (unpaired) electrons. The second-order valence-electron chi connectivity index (χ2n) is 9.72. The first-order valence-electron chi connectivity index (χ1n) is 13.3. The van der Waals surface area contributed by atoms with Crippen molar-refractivity contribution in [3.8, 4) is 56.0 Å². The minimum Gasteiger partial charge on any atom is -0.452 e. The molecule has 1 aliphatic rings. The van der Waals surface area contributed by atoms with Gasteiger partial charge in [-0.3, -0.25) is 5.84 Å². The minimum atomic E-state index is 0.730. The predicted octanol–water partition coefficient (Wildman–Crippen LogP) is 9.49. The lowest BCUT2D eigenvalue weighted by Crippen LogP contribution is -2.14. The minimum absolute atomic E-state index is 0.730. The van der Waals surface area contributed by atoms with E-state index in [-0.39, 0.29) is 0 Å². The number of fused-ring (bicyclic) bond motifs is 2. The Hall–Kier alpha value is -5.32. The highest BCUT2D eigenvalue weighted by atomic mass is 16.5. The number of nitrogen functional groups attached to an aromatic ring is 1. The van der Waals surface area contributed by atoms with Crippen molar-refractivity contribution in [1.29, 1.82) is 0 Å². The van der Waals surface area contributed by atoms with Gasteiger partial charge in [0.1, 0.15) is 0 Å². The van der Waals surface area contributed by atoms with E-state index < -0.39 is 0 Å². The van der Waals surface area contributed by atoms with Crippen LogP contribution in [-0.2, 0) is 0 Å². The van der Waals surface area contributed by atoms with Crippen LogP contribution >= 0.6 is 0 Å². The summed E-state index contributed by atoms with van der Waals surface area (Å²) in [4.78, 5) is 0. The summed E-state index contributed by atoms with van der Waals surface area (Å²) in [5.41, 5.74) is 13.9. The number of rotatable bonds is 5. The van der Waals surface area contributed by atoms with Crippen LogP contribution in [0.15, 0.2) is 140 Å². The average molecular weight is 518 g/mol. The molecule has 4 nitrogen and oxygen atoms in total. The molecule has 1 heterocycles. The van der Waals surface area contributed by atoms with Crippen LogP contribution in [0.4, 0.5) is 17.1 Å². The fourth-order valence-corrected chi connectivity index (χ4v) is 5.59. The van der Waals surface area contributed by atoms with Crippen molar-refractivity contribution in [2.45, 2.75) is 0 Å². The lowest BCUT2D eigenvalue weighted by Gasteiger charge is -2.31. The molecule has 0 spiro atoms. The molecule has 6 aromatic rings. The van der Waals surface area contributed by atoms with Gasteiger partial charge in [0.15, 0.2) is 11.5 Å². The third-order valence-corrected chi connectivity index (χ3v) is 7.35. The summed E-state index contributed by atoms with van der Waals surface area (Å²) >= 11 is 0. The molecule has 4 heteroatoms. The first-order valence-corrected chi connectivity index (χ1v) is 13.3.